The van der Waals surface area contributed by atoms with E-state index in [0.29, 0.717) is 10.7 Å². The summed E-state index contributed by atoms with van der Waals surface area (Å²) in [7, 11) is 0. The van der Waals surface area contributed by atoms with Crippen LogP contribution in [0.3, 0.4) is 0 Å². The van der Waals surface area contributed by atoms with E-state index >= 15 is 0 Å². The maximum absolute atomic E-state index is 13.1. The van der Waals surface area contributed by atoms with Crippen LogP contribution in [0, 0.1) is 5.41 Å². The molecule has 2 fully saturated rings. The Kier molecular flexibility index (Phi) is 4.76. The molecular weight excluding hydrogens is 350 g/mol. The second kappa shape index (κ2) is 7.05. The zero-order chi connectivity index (χ0) is 18.1. The fourth-order valence-corrected chi connectivity index (χ4v) is 4.20. The normalized spacial score (nSPS) is 22.9. The average molecular weight is 374 g/mol. The van der Waals surface area contributed by atoms with Gasteiger partial charge >= 0.3 is 0 Å². The van der Waals surface area contributed by atoms with E-state index in [1.54, 1.807) is 0 Å². The van der Waals surface area contributed by atoms with Gasteiger partial charge in [-0.25, -0.2) is 4.98 Å². The first kappa shape index (κ1) is 17.6. The summed E-state index contributed by atoms with van der Waals surface area (Å²) in [5, 5.41) is 0.685. The van der Waals surface area contributed by atoms with Gasteiger partial charge in [-0.05, 0) is 49.9 Å². The zero-order valence-electron chi connectivity index (χ0n) is 15.1. The molecule has 1 aromatic heterocycles. The van der Waals surface area contributed by atoms with Crippen LogP contribution in [0.2, 0.25) is 5.02 Å². The Morgan fingerprint density at radius 3 is 2.85 bits per heavy atom. The maximum atomic E-state index is 13.1. The molecule has 2 saturated heterocycles. The topological polar surface area (TPSA) is 58.2 Å². The first-order valence-electron chi connectivity index (χ1n) is 9.32. The Hall–Kier alpha value is -1.85. The number of H-pyrrole nitrogens is 1. The number of benzene rings is 1. The molecule has 2 aromatic rings. The molecule has 1 atom stereocenters. The molecule has 26 heavy (non-hydrogen) atoms. The van der Waals surface area contributed by atoms with Gasteiger partial charge in [0.25, 0.3) is 5.91 Å². The maximum Gasteiger partial charge on any atom is 0.274 e. The van der Waals surface area contributed by atoms with E-state index in [9.17, 15) is 4.79 Å². The smallest absolute Gasteiger partial charge is 0.274 e. The van der Waals surface area contributed by atoms with Crippen molar-refractivity contribution < 1.29 is 9.53 Å². The van der Waals surface area contributed by atoms with E-state index in [2.05, 4.69) is 9.97 Å². The molecule has 4 rings (SSSR count). The van der Waals surface area contributed by atoms with Gasteiger partial charge in [-0.2, -0.15) is 0 Å². The number of likely N-dealkylation sites (tertiary alicyclic amines) is 1. The number of carbonyl (C=O) groups excluding carboxylic acids is 1. The molecule has 1 spiro atoms. The van der Waals surface area contributed by atoms with Crippen molar-refractivity contribution in [2.45, 2.75) is 32.6 Å². The summed E-state index contributed by atoms with van der Waals surface area (Å²) in [5.41, 5.74) is 2.52. The quantitative estimate of drug-likeness (QED) is 0.886. The summed E-state index contributed by atoms with van der Waals surface area (Å²) < 4.78 is 5.69. The number of imidazole rings is 1. The van der Waals surface area contributed by atoms with E-state index in [1.807, 2.05) is 36.1 Å². The predicted octanol–water partition coefficient (Wildman–Crippen LogP) is 3.94. The van der Waals surface area contributed by atoms with Crippen LogP contribution in [0.15, 0.2) is 24.3 Å². The molecule has 0 radical (unpaired) electrons. The number of nitrogens with one attached hydrogen (secondary N) is 1. The van der Waals surface area contributed by atoms with Gasteiger partial charge in [-0.15, -0.1) is 0 Å². The highest BCUT2D eigenvalue weighted by Crippen LogP contribution is 2.38. The van der Waals surface area contributed by atoms with Crippen LogP contribution < -0.4 is 0 Å². The largest absolute Gasteiger partial charge is 0.381 e. The molecule has 0 aliphatic carbocycles. The number of nitrogens with zero attached hydrogens (tertiary/aromatic N) is 2. The van der Waals surface area contributed by atoms with Gasteiger partial charge in [-0.3, -0.25) is 4.79 Å². The Bertz CT molecular complexity index is 794. The fraction of sp³-hybridized carbons (Fsp3) is 0.500. The summed E-state index contributed by atoms with van der Waals surface area (Å²) in [6.45, 7) is 5.22. The average Bonchev–Trinajstić information content (AvgIpc) is 3.27. The van der Waals surface area contributed by atoms with Gasteiger partial charge in [0.1, 0.15) is 11.5 Å². The standard InChI is InChI=1S/C20H24ClN3O2/c1-2-16-17(23-18(22-16)14-4-6-15(21)7-5-14)19(25)24-10-9-20(12-24)8-3-11-26-13-20/h4-7H,2-3,8-13H2,1H3,(H,22,23). The van der Waals surface area contributed by atoms with Crippen LogP contribution in [0.5, 0.6) is 0 Å². The summed E-state index contributed by atoms with van der Waals surface area (Å²) in [5.74, 6) is 0.748. The van der Waals surface area contributed by atoms with Crippen molar-refractivity contribution in [3.8, 4) is 11.4 Å². The highest BCUT2D eigenvalue weighted by Gasteiger charge is 2.42. The van der Waals surface area contributed by atoms with Crippen LogP contribution >= 0.6 is 11.6 Å². The van der Waals surface area contributed by atoms with Gasteiger partial charge in [0, 0.05) is 41.4 Å². The molecule has 2 aliphatic rings. The van der Waals surface area contributed by atoms with Crippen LogP contribution in [0.1, 0.15) is 42.4 Å². The molecule has 0 bridgehead atoms. The second-order valence-corrected chi connectivity index (χ2v) is 7.84. The van der Waals surface area contributed by atoms with E-state index < -0.39 is 0 Å². The molecule has 5 nitrogen and oxygen atoms in total. The fourth-order valence-electron chi connectivity index (χ4n) is 4.08. The highest BCUT2D eigenvalue weighted by molar-refractivity contribution is 6.30. The minimum Gasteiger partial charge on any atom is -0.381 e. The zero-order valence-corrected chi connectivity index (χ0v) is 15.8. The summed E-state index contributed by atoms with van der Waals surface area (Å²) >= 11 is 5.97. The lowest BCUT2D eigenvalue weighted by Gasteiger charge is -2.32. The molecule has 1 N–H and O–H groups in total. The van der Waals surface area contributed by atoms with Crippen molar-refractivity contribution >= 4 is 17.5 Å². The highest BCUT2D eigenvalue weighted by atomic mass is 35.5. The van der Waals surface area contributed by atoms with Crippen molar-refractivity contribution in [1.29, 1.82) is 0 Å². The number of ether oxygens (including phenoxy) is 1. The molecule has 138 valence electrons. The minimum atomic E-state index is 0.0285. The summed E-state index contributed by atoms with van der Waals surface area (Å²) in [4.78, 5) is 23.0. The first-order valence-corrected chi connectivity index (χ1v) is 9.70. The van der Waals surface area contributed by atoms with E-state index in [1.165, 1.54) is 0 Å². The molecular formula is C20H24ClN3O2. The van der Waals surface area contributed by atoms with E-state index in [-0.39, 0.29) is 11.3 Å². The van der Waals surface area contributed by atoms with E-state index in [0.717, 1.165) is 69.1 Å². The Morgan fingerprint density at radius 2 is 2.15 bits per heavy atom. The number of hydrogen-bond donors (Lipinski definition) is 1. The third-order valence-electron chi connectivity index (χ3n) is 5.58. The van der Waals surface area contributed by atoms with Crippen molar-refractivity contribution in [3.63, 3.8) is 0 Å². The van der Waals surface area contributed by atoms with Gasteiger partial charge in [-0.1, -0.05) is 18.5 Å². The molecule has 1 unspecified atom stereocenters. The van der Waals surface area contributed by atoms with Gasteiger partial charge in [0.05, 0.1) is 6.61 Å². The molecule has 6 heteroatoms. The van der Waals surface area contributed by atoms with Crippen LogP contribution in [0.4, 0.5) is 0 Å². The number of aromatic nitrogens is 2. The first-order chi connectivity index (χ1) is 12.6. The Morgan fingerprint density at radius 1 is 1.35 bits per heavy atom. The van der Waals surface area contributed by atoms with Crippen LogP contribution in [-0.4, -0.2) is 47.1 Å². The number of aromatic amines is 1. The molecule has 3 heterocycles. The Balaban J connectivity index is 1.57. The third-order valence-corrected chi connectivity index (χ3v) is 5.83. The van der Waals surface area contributed by atoms with Crippen molar-refractivity contribution in [2.75, 3.05) is 26.3 Å². The summed E-state index contributed by atoms with van der Waals surface area (Å²) in [6, 6.07) is 7.50. The van der Waals surface area contributed by atoms with Crippen LogP contribution in [-0.2, 0) is 11.2 Å². The monoisotopic (exact) mass is 373 g/mol. The van der Waals surface area contributed by atoms with Gasteiger partial charge < -0.3 is 14.6 Å². The SMILES string of the molecule is CCc1[nH]c(-c2ccc(Cl)cc2)nc1C(=O)N1CCC2(CCCOC2)C1. The number of rotatable bonds is 3. The second-order valence-electron chi connectivity index (χ2n) is 7.41. The number of carbonyl (C=O) groups is 1. The minimum absolute atomic E-state index is 0.0285. The molecule has 1 amide bonds. The number of aryl methyl sites for hydroxylation is 1. The van der Waals surface area contributed by atoms with Gasteiger partial charge in [0.2, 0.25) is 0 Å². The molecule has 2 aliphatic heterocycles. The predicted molar refractivity (Wildman–Crippen MR) is 101 cm³/mol. The van der Waals surface area contributed by atoms with Crippen molar-refractivity contribution in [3.05, 3.63) is 40.7 Å². The Labute approximate surface area is 158 Å². The number of hydrogen-bond acceptors (Lipinski definition) is 3. The van der Waals surface area contributed by atoms with Gasteiger partial charge in [0.15, 0.2) is 0 Å². The number of halogens is 1. The number of amides is 1. The lowest BCUT2D eigenvalue weighted by Crippen LogP contribution is -2.37. The molecule has 1 aromatic carbocycles. The van der Waals surface area contributed by atoms with Crippen LogP contribution in [0.25, 0.3) is 11.4 Å². The lowest BCUT2D eigenvalue weighted by molar-refractivity contribution is -0.00163. The third kappa shape index (κ3) is 3.26. The van der Waals surface area contributed by atoms with E-state index in [4.69, 9.17) is 16.3 Å². The molecule has 0 saturated carbocycles. The lowest BCUT2D eigenvalue weighted by atomic mass is 9.82. The summed E-state index contributed by atoms with van der Waals surface area (Å²) in [6.07, 6.45) is 4.00. The van der Waals surface area contributed by atoms with Crippen molar-refractivity contribution in [2.24, 2.45) is 5.41 Å². The van der Waals surface area contributed by atoms with Crippen molar-refractivity contribution in [1.82, 2.24) is 14.9 Å².